The van der Waals surface area contributed by atoms with Crippen molar-refractivity contribution in [3.8, 4) is 0 Å². The summed E-state index contributed by atoms with van der Waals surface area (Å²) in [4.78, 5) is 20.3. The number of esters is 1. The highest BCUT2D eigenvalue weighted by Gasteiger charge is 2.27. The third kappa shape index (κ3) is 2.81. The third-order valence-corrected chi connectivity index (χ3v) is 3.96. The van der Waals surface area contributed by atoms with Gasteiger partial charge in [-0.1, -0.05) is 0 Å². The number of methoxy groups -OCH3 is 1. The first-order chi connectivity index (χ1) is 8.61. The number of anilines is 1. The molecule has 0 saturated carbocycles. The summed E-state index contributed by atoms with van der Waals surface area (Å²) in [6, 6.07) is 0.497. The number of hydrogen-bond acceptors (Lipinski definition) is 6. The lowest BCUT2D eigenvalue weighted by atomic mass is 10.2. The Morgan fingerprint density at radius 2 is 2.44 bits per heavy atom. The SMILES string of the molecule is COC(=O)c1csc(N2CCCC2CN(C)C)n1. The van der Waals surface area contributed by atoms with Crippen LogP contribution in [0.4, 0.5) is 5.13 Å². The third-order valence-electron chi connectivity index (χ3n) is 3.09. The summed E-state index contributed by atoms with van der Waals surface area (Å²) in [6.07, 6.45) is 2.37. The van der Waals surface area contributed by atoms with Crippen LogP contribution in [0.5, 0.6) is 0 Å². The Balaban J connectivity index is 2.10. The number of aromatic nitrogens is 1. The van der Waals surface area contributed by atoms with Gasteiger partial charge in [-0.05, 0) is 26.9 Å². The highest BCUT2D eigenvalue weighted by Crippen LogP contribution is 2.29. The number of carbonyl (C=O) groups is 1. The first kappa shape index (κ1) is 13.3. The average Bonchev–Trinajstić information content (AvgIpc) is 2.95. The minimum absolute atomic E-state index is 0.360. The van der Waals surface area contributed by atoms with Crippen LogP contribution in [-0.4, -0.2) is 56.2 Å². The molecule has 100 valence electrons. The van der Waals surface area contributed by atoms with E-state index in [0.29, 0.717) is 11.7 Å². The fourth-order valence-electron chi connectivity index (χ4n) is 2.29. The highest BCUT2D eigenvalue weighted by atomic mass is 32.1. The summed E-state index contributed by atoms with van der Waals surface area (Å²) in [7, 11) is 5.54. The van der Waals surface area contributed by atoms with Crippen LogP contribution < -0.4 is 4.90 Å². The molecular weight excluding hydrogens is 250 g/mol. The van der Waals surface area contributed by atoms with Gasteiger partial charge < -0.3 is 14.5 Å². The first-order valence-corrected chi connectivity index (χ1v) is 6.95. The molecule has 0 bridgehead atoms. The molecule has 0 radical (unpaired) electrons. The molecule has 0 amide bonds. The fourth-order valence-corrected chi connectivity index (χ4v) is 3.19. The lowest BCUT2D eigenvalue weighted by Gasteiger charge is -2.26. The molecule has 0 aliphatic carbocycles. The van der Waals surface area contributed by atoms with Crippen molar-refractivity contribution in [2.45, 2.75) is 18.9 Å². The van der Waals surface area contributed by atoms with Crippen LogP contribution in [0.25, 0.3) is 0 Å². The van der Waals surface area contributed by atoms with Crippen LogP contribution in [0.1, 0.15) is 23.3 Å². The van der Waals surface area contributed by atoms with Crippen LogP contribution in [-0.2, 0) is 4.74 Å². The van der Waals surface area contributed by atoms with Gasteiger partial charge in [0.15, 0.2) is 10.8 Å². The molecule has 1 aromatic rings. The van der Waals surface area contributed by atoms with E-state index in [4.69, 9.17) is 0 Å². The zero-order chi connectivity index (χ0) is 13.1. The molecule has 1 atom stereocenters. The Labute approximate surface area is 111 Å². The molecule has 1 fully saturated rings. The van der Waals surface area contributed by atoms with Gasteiger partial charge in [-0.15, -0.1) is 11.3 Å². The maximum absolute atomic E-state index is 11.4. The lowest BCUT2D eigenvalue weighted by molar-refractivity contribution is 0.0595. The van der Waals surface area contributed by atoms with Gasteiger partial charge in [0, 0.05) is 24.5 Å². The van der Waals surface area contributed by atoms with Crippen molar-refractivity contribution in [2.75, 3.05) is 39.2 Å². The topological polar surface area (TPSA) is 45.7 Å². The van der Waals surface area contributed by atoms with Crippen molar-refractivity contribution in [3.63, 3.8) is 0 Å². The molecule has 1 aliphatic rings. The van der Waals surface area contributed by atoms with E-state index in [-0.39, 0.29) is 5.97 Å². The van der Waals surface area contributed by atoms with Crippen LogP contribution in [0.15, 0.2) is 5.38 Å². The van der Waals surface area contributed by atoms with Crippen molar-refractivity contribution >= 4 is 22.4 Å². The van der Waals surface area contributed by atoms with E-state index >= 15 is 0 Å². The number of carbonyl (C=O) groups excluding carboxylic acids is 1. The smallest absolute Gasteiger partial charge is 0.357 e. The zero-order valence-corrected chi connectivity index (χ0v) is 11.9. The van der Waals surface area contributed by atoms with E-state index in [2.05, 4.69) is 33.6 Å². The Hall–Kier alpha value is -1.14. The van der Waals surface area contributed by atoms with Crippen molar-refractivity contribution in [1.82, 2.24) is 9.88 Å². The minimum atomic E-state index is -0.360. The number of hydrogen-bond donors (Lipinski definition) is 0. The van der Waals surface area contributed by atoms with E-state index in [1.807, 2.05) is 0 Å². The second-order valence-corrected chi connectivity index (χ2v) is 5.60. The van der Waals surface area contributed by atoms with Gasteiger partial charge in [0.2, 0.25) is 0 Å². The van der Waals surface area contributed by atoms with E-state index in [9.17, 15) is 4.79 Å². The second kappa shape index (κ2) is 5.67. The number of ether oxygens (including phenoxy) is 1. The quantitative estimate of drug-likeness (QED) is 0.774. The number of likely N-dealkylation sites (N-methyl/N-ethyl adjacent to an activating group) is 1. The van der Waals surface area contributed by atoms with E-state index in [0.717, 1.165) is 18.2 Å². The monoisotopic (exact) mass is 269 g/mol. The molecular formula is C12H19N3O2S. The predicted octanol–water partition coefficient (Wildman–Crippen LogP) is 1.46. The van der Waals surface area contributed by atoms with Gasteiger partial charge in [-0.3, -0.25) is 0 Å². The molecule has 0 spiro atoms. The minimum Gasteiger partial charge on any atom is -0.464 e. The summed E-state index contributed by atoms with van der Waals surface area (Å²) >= 11 is 1.52. The van der Waals surface area contributed by atoms with E-state index in [1.165, 1.54) is 31.3 Å². The predicted molar refractivity (Wildman–Crippen MR) is 72.4 cm³/mol. The van der Waals surface area contributed by atoms with Crippen LogP contribution >= 0.6 is 11.3 Å². The van der Waals surface area contributed by atoms with Gasteiger partial charge in [-0.2, -0.15) is 0 Å². The van der Waals surface area contributed by atoms with Crippen LogP contribution in [0.3, 0.4) is 0 Å². The Morgan fingerprint density at radius 3 is 3.11 bits per heavy atom. The summed E-state index contributed by atoms with van der Waals surface area (Å²) in [5, 5.41) is 2.70. The molecule has 1 aromatic heterocycles. The summed E-state index contributed by atoms with van der Waals surface area (Å²) in [5.41, 5.74) is 0.410. The molecule has 0 N–H and O–H groups in total. The van der Waals surface area contributed by atoms with Crippen molar-refractivity contribution in [2.24, 2.45) is 0 Å². The number of nitrogens with zero attached hydrogens (tertiary/aromatic N) is 3. The maximum Gasteiger partial charge on any atom is 0.357 e. The summed E-state index contributed by atoms with van der Waals surface area (Å²) < 4.78 is 4.68. The molecule has 6 heteroatoms. The first-order valence-electron chi connectivity index (χ1n) is 6.07. The van der Waals surface area contributed by atoms with Gasteiger partial charge in [0.05, 0.1) is 7.11 Å². The maximum atomic E-state index is 11.4. The van der Waals surface area contributed by atoms with Gasteiger partial charge >= 0.3 is 5.97 Å². The Bertz CT molecular complexity index is 419. The van der Waals surface area contributed by atoms with Crippen molar-refractivity contribution in [1.29, 1.82) is 0 Å². The van der Waals surface area contributed by atoms with Crippen molar-refractivity contribution in [3.05, 3.63) is 11.1 Å². The standard InChI is InChI=1S/C12H19N3O2S/c1-14(2)7-9-5-4-6-15(9)12-13-10(8-18-12)11(16)17-3/h8-9H,4-7H2,1-3H3. The molecule has 1 unspecified atom stereocenters. The Kier molecular flexibility index (Phi) is 4.19. The second-order valence-electron chi connectivity index (χ2n) is 4.76. The summed E-state index contributed by atoms with van der Waals surface area (Å²) in [5.74, 6) is -0.360. The molecule has 2 heterocycles. The van der Waals surface area contributed by atoms with Crippen molar-refractivity contribution < 1.29 is 9.53 Å². The number of thiazole rings is 1. The normalized spacial score (nSPS) is 19.6. The molecule has 1 aliphatic heterocycles. The molecule has 5 nitrogen and oxygen atoms in total. The molecule has 0 aromatic carbocycles. The molecule has 1 saturated heterocycles. The van der Waals surface area contributed by atoms with Gasteiger partial charge in [0.1, 0.15) is 0 Å². The highest BCUT2D eigenvalue weighted by molar-refractivity contribution is 7.13. The number of rotatable bonds is 4. The van der Waals surface area contributed by atoms with Crippen LogP contribution in [0, 0.1) is 0 Å². The summed E-state index contributed by atoms with van der Waals surface area (Å²) in [6.45, 7) is 2.04. The molecule has 2 rings (SSSR count). The largest absolute Gasteiger partial charge is 0.464 e. The van der Waals surface area contributed by atoms with Crippen LogP contribution in [0.2, 0.25) is 0 Å². The van der Waals surface area contributed by atoms with E-state index < -0.39 is 0 Å². The average molecular weight is 269 g/mol. The fraction of sp³-hybridized carbons (Fsp3) is 0.667. The van der Waals surface area contributed by atoms with E-state index in [1.54, 1.807) is 5.38 Å². The zero-order valence-electron chi connectivity index (χ0n) is 11.0. The van der Waals surface area contributed by atoms with Gasteiger partial charge in [-0.25, -0.2) is 9.78 Å². The molecule has 18 heavy (non-hydrogen) atoms. The van der Waals surface area contributed by atoms with Gasteiger partial charge in [0.25, 0.3) is 0 Å². The Morgan fingerprint density at radius 1 is 1.67 bits per heavy atom. The lowest BCUT2D eigenvalue weighted by Crippen LogP contribution is -2.37.